The minimum absolute atomic E-state index is 1.07. The Morgan fingerprint density at radius 3 is 2.28 bits per heavy atom. The summed E-state index contributed by atoms with van der Waals surface area (Å²) < 4.78 is 0. The van der Waals surface area contributed by atoms with Crippen molar-refractivity contribution in [2.75, 3.05) is 0 Å². The number of aryl methyl sites for hydroxylation is 2. The largest absolute Gasteiger partial charge is 0.0654 e. The van der Waals surface area contributed by atoms with Gasteiger partial charge in [-0.2, -0.15) is 0 Å². The van der Waals surface area contributed by atoms with Gasteiger partial charge in [0.15, 0.2) is 0 Å². The monoisotopic (exact) mass is 333 g/mol. The first-order valence-electron chi connectivity index (χ1n) is 10.5. The van der Waals surface area contributed by atoms with Crippen molar-refractivity contribution in [3.05, 3.63) is 58.7 Å². The smallest absolute Gasteiger partial charge is 0.000718 e. The normalized spacial score (nSPS) is 12.2. The molecule has 0 aromatic heterocycles. The highest BCUT2D eigenvalue weighted by molar-refractivity contribution is 5.77. The Morgan fingerprint density at radius 1 is 0.800 bits per heavy atom. The van der Waals surface area contributed by atoms with E-state index in [1.54, 1.807) is 5.56 Å². The van der Waals surface area contributed by atoms with Crippen LogP contribution in [0.2, 0.25) is 0 Å². The summed E-state index contributed by atoms with van der Waals surface area (Å²) in [7, 11) is 0. The second-order valence-electron chi connectivity index (χ2n) is 7.62. The molecule has 1 aliphatic rings. The van der Waals surface area contributed by atoms with E-state index in [1.165, 1.54) is 92.0 Å². The van der Waals surface area contributed by atoms with Crippen molar-refractivity contribution in [3.63, 3.8) is 0 Å². The molecule has 1 radical (unpaired) electrons. The summed E-state index contributed by atoms with van der Waals surface area (Å²) >= 11 is 0. The summed E-state index contributed by atoms with van der Waals surface area (Å²) in [5.41, 5.74) is 8.90. The first kappa shape index (κ1) is 18.2. The van der Waals surface area contributed by atoms with E-state index in [1.807, 2.05) is 0 Å². The lowest BCUT2D eigenvalue weighted by Gasteiger charge is -2.13. The molecule has 0 amide bonds. The van der Waals surface area contributed by atoms with Gasteiger partial charge in [0.1, 0.15) is 0 Å². The Bertz CT molecular complexity index is 680. The summed E-state index contributed by atoms with van der Waals surface area (Å²) in [5.74, 6) is 0. The maximum absolute atomic E-state index is 3.86. The van der Waals surface area contributed by atoms with E-state index in [9.17, 15) is 0 Å². The van der Waals surface area contributed by atoms with Gasteiger partial charge >= 0.3 is 0 Å². The first-order valence-corrected chi connectivity index (χ1v) is 10.5. The van der Waals surface area contributed by atoms with Crippen molar-refractivity contribution in [2.45, 2.75) is 84.5 Å². The van der Waals surface area contributed by atoms with Crippen molar-refractivity contribution in [1.29, 1.82) is 0 Å². The molecule has 2 aromatic rings. The van der Waals surface area contributed by atoms with Gasteiger partial charge in [-0.15, -0.1) is 0 Å². The molecule has 0 unspecified atom stereocenters. The summed E-state index contributed by atoms with van der Waals surface area (Å²) in [6.07, 6.45) is 14.2. The van der Waals surface area contributed by atoms with Crippen LogP contribution in [0.3, 0.4) is 0 Å². The van der Waals surface area contributed by atoms with Gasteiger partial charge in [0.2, 0.25) is 0 Å². The van der Waals surface area contributed by atoms with Crippen LogP contribution < -0.4 is 0 Å². The Labute approximate surface area is 154 Å². The zero-order valence-electron chi connectivity index (χ0n) is 16.2. The van der Waals surface area contributed by atoms with Crippen LogP contribution in [0, 0.1) is 6.07 Å². The van der Waals surface area contributed by atoms with Gasteiger partial charge < -0.3 is 0 Å². The number of unbranched alkanes of at least 4 members (excludes halogenated alkanes) is 6. The average Bonchev–Trinajstić information content (AvgIpc) is 2.99. The van der Waals surface area contributed by atoms with Gasteiger partial charge in [0, 0.05) is 0 Å². The molecule has 0 saturated carbocycles. The topological polar surface area (TPSA) is 0 Å². The van der Waals surface area contributed by atoms with E-state index in [4.69, 9.17) is 0 Å². The van der Waals surface area contributed by atoms with Crippen LogP contribution in [0.5, 0.6) is 0 Å². The van der Waals surface area contributed by atoms with Crippen molar-refractivity contribution in [2.24, 2.45) is 0 Å². The predicted molar refractivity (Wildman–Crippen MR) is 109 cm³/mol. The first-order chi connectivity index (χ1) is 12.3. The van der Waals surface area contributed by atoms with E-state index >= 15 is 0 Å². The molecule has 0 nitrogen and oxygen atoms in total. The molecule has 25 heavy (non-hydrogen) atoms. The lowest BCUT2D eigenvalue weighted by atomic mass is 9.92. The van der Waals surface area contributed by atoms with Crippen LogP contribution in [0.25, 0.3) is 11.1 Å². The van der Waals surface area contributed by atoms with Gasteiger partial charge in [-0.05, 0) is 71.6 Å². The fraction of sp³-hybridized carbons (Fsp3) is 0.520. The van der Waals surface area contributed by atoms with E-state index in [-0.39, 0.29) is 0 Å². The fourth-order valence-electron chi connectivity index (χ4n) is 4.10. The molecule has 0 aliphatic heterocycles. The van der Waals surface area contributed by atoms with Gasteiger partial charge in [0.05, 0.1) is 0 Å². The van der Waals surface area contributed by atoms with Gasteiger partial charge in [0.25, 0.3) is 0 Å². The molecule has 3 rings (SSSR count). The van der Waals surface area contributed by atoms with Crippen molar-refractivity contribution >= 4 is 0 Å². The summed E-state index contributed by atoms with van der Waals surface area (Å²) in [5, 5.41) is 0. The van der Waals surface area contributed by atoms with Crippen LogP contribution in [-0.2, 0) is 19.3 Å². The molecule has 0 atom stereocenters. The average molecular weight is 334 g/mol. The van der Waals surface area contributed by atoms with Crippen LogP contribution >= 0.6 is 0 Å². The minimum Gasteiger partial charge on any atom is -0.0654 e. The third-order valence-corrected chi connectivity index (χ3v) is 5.59. The molecule has 0 N–H and O–H groups in total. The zero-order chi connectivity index (χ0) is 17.5. The maximum Gasteiger partial charge on any atom is -0.000718 e. The SMILES string of the molecule is CCCCCCc1[c]c2c(cc1CCCCCC)-c1ccccc1C2. The molecule has 0 heteroatoms. The minimum atomic E-state index is 1.07. The van der Waals surface area contributed by atoms with Crippen molar-refractivity contribution < 1.29 is 0 Å². The quantitative estimate of drug-likeness (QED) is 0.341. The van der Waals surface area contributed by atoms with Crippen LogP contribution in [-0.4, -0.2) is 0 Å². The number of fused-ring (bicyclic) bond motifs is 3. The highest BCUT2D eigenvalue weighted by atomic mass is 14.2. The van der Waals surface area contributed by atoms with E-state index < -0.39 is 0 Å². The molecule has 133 valence electrons. The Morgan fingerprint density at radius 2 is 1.52 bits per heavy atom. The van der Waals surface area contributed by atoms with Crippen molar-refractivity contribution in [1.82, 2.24) is 0 Å². The van der Waals surface area contributed by atoms with Gasteiger partial charge in [-0.3, -0.25) is 0 Å². The molecule has 0 spiro atoms. The lowest BCUT2D eigenvalue weighted by molar-refractivity contribution is 0.650. The maximum atomic E-state index is 3.86. The Balaban J connectivity index is 1.79. The third-order valence-electron chi connectivity index (χ3n) is 5.59. The zero-order valence-corrected chi connectivity index (χ0v) is 16.2. The fourth-order valence-corrected chi connectivity index (χ4v) is 4.10. The summed E-state index contributed by atoms with van der Waals surface area (Å²) in [6, 6.07) is 15.3. The highest BCUT2D eigenvalue weighted by Crippen LogP contribution is 2.38. The highest BCUT2D eigenvalue weighted by Gasteiger charge is 2.20. The molecular weight excluding hydrogens is 300 g/mol. The molecule has 1 aliphatic carbocycles. The predicted octanol–water partition coefficient (Wildman–Crippen LogP) is 7.30. The number of hydrogen-bond acceptors (Lipinski definition) is 0. The molecule has 2 aromatic carbocycles. The second-order valence-corrected chi connectivity index (χ2v) is 7.62. The number of benzene rings is 2. The molecule has 0 heterocycles. The van der Waals surface area contributed by atoms with E-state index in [0.717, 1.165) is 6.42 Å². The summed E-state index contributed by atoms with van der Waals surface area (Å²) in [4.78, 5) is 0. The van der Waals surface area contributed by atoms with E-state index in [2.05, 4.69) is 50.2 Å². The van der Waals surface area contributed by atoms with Gasteiger partial charge in [-0.1, -0.05) is 82.7 Å². The van der Waals surface area contributed by atoms with Gasteiger partial charge in [-0.25, -0.2) is 0 Å². The van der Waals surface area contributed by atoms with Crippen LogP contribution in [0.1, 0.15) is 87.5 Å². The third kappa shape index (κ3) is 4.54. The number of rotatable bonds is 10. The number of hydrogen-bond donors (Lipinski definition) is 0. The van der Waals surface area contributed by atoms with E-state index in [0.29, 0.717) is 0 Å². The summed E-state index contributed by atoms with van der Waals surface area (Å²) in [6.45, 7) is 4.58. The van der Waals surface area contributed by atoms with Crippen LogP contribution in [0.15, 0.2) is 30.3 Å². The molecule has 0 fully saturated rings. The molecule has 0 bridgehead atoms. The standard InChI is InChI=1S/C25H33/c1-3-5-7-9-13-20-17-23-18-22-15-11-12-16-24(22)25(23)19-21(20)14-10-8-6-4-2/h11-12,15-16,19H,3-10,13-14,18H2,1-2H3. The second kappa shape index (κ2) is 9.22. The molecular formula is C25H33. The molecule has 0 saturated heterocycles. The Hall–Kier alpha value is -1.56. The van der Waals surface area contributed by atoms with Crippen molar-refractivity contribution in [3.8, 4) is 11.1 Å². The van der Waals surface area contributed by atoms with Crippen LogP contribution in [0.4, 0.5) is 0 Å². The lowest BCUT2D eigenvalue weighted by Crippen LogP contribution is -1.99. The Kier molecular flexibility index (Phi) is 6.73.